The molecule has 10 rings (SSSR count). The molecule has 0 unspecified atom stereocenters. The third-order valence-electron chi connectivity index (χ3n) is 19.2. The van der Waals surface area contributed by atoms with Gasteiger partial charge in [0.2, 0.25) is 0 Å². The van der Waals surface area contributed by atoms with Gasteiger partial charge in [-0.05, 0) is 126 Å². The standard InChI is InChI=1S/C87H98N2O12Si2/c1-83(2,3)102(77-35-21-13-22-36-77,78-37-23-14-24-38-78)100-65-85(66-101-103(84(4,5)6,79-39-25-15-26-40-79)80-41-27-16-28-42-80,63-96-81(90)88-59-29-61-98-86(67-31-17-11-18-32-67,69-43-51-73(92-7)52-44-69)70-45-53-74(93-8)54-46-70)64-97-82(91)89-60-30-62-99-87(68-33-19-12-20-34-68,71-47-55-75(94-9)56-48-71)72-49-57-76(95-10)58-50-72/h11-28,31-58H,29-30,59-66H2,1-10H3,(H,88,90)(H,89,91). The van der Waals surface area contributed by atoms with Crippen LogP contribution in [-0.4, -0.2) is 110 Å². The molecule has 0 aliphatic carbocycles. The van der Waals surface area contributed by atoms with Crippen LogP contribution < -0.4 is 50.3 Å². The van der Waals surface area contributed by atoms with Crippen LogP contribution in [0, 0.1) is 5.41 Å². The van der Waals surface area contributed by atoms with Gasteiger partial charge >= 0.3 is 12.2 Å². The van der Waals surface area contributed by atoms with Crippen molar-refractivity contribution in [1.82, 2.24) is 10.6 Å². The van der Waals surface area contributed by atoms with Gasteiger partial charge in [0, 0.05) is 26.3 Å². The minimum atomic E-state index is -3.38. The van der Waals surface area contributed by atoms with E-state index in [1.165, 1.54) is 0 Å². The maximum Gasteiger partial charge on any atom is 0.407 e. The molecule has 0 aliphatic rings. The first-order valence-corrected chi connectivity index (χ1v) is 39.0. The van der Waals surface area contributed by atoms with Gasteiger partial charge in [0.15, 0.2) is 0 Å². The van der Waals surface area contributed by atoms with Gasteiger partial charge in [-0.1, -0.05) is 272 Å². The Morgan fingerprint density at radius 1 is 0.311 bits per heavy atom. The van der Waals surface area contributed by atoms with Crippen LogP contribution in [0.5, 0.6) is 23.0 Å². The fourth-order valence-electron chi connectivity index (χ4n) is 14.0. The summed E-state index contributed by atoms with van der Waals surface area (Å²) in [5.41, 5.74) is 1.86. The second-order valence-corrected chi connectivity index (χ2v) is 36.4. The van der Waals surface area contributed by atoms with E-state index in [1.807, 2.05) is 206 Å². The number of benzene rings is 10. The molecule has 2 N–H and O–H groups in total. The minimum absolute atomic E-state index is 0.0582. The first kappa shape index (κ1) is 75.9. The largest absolute Gasteiger partial charge is 0.497 e. The number of hydrogen-bond donors (Lipinski definition) is 2. The van der Waals surface area contributed by atoms with Gasteiger partial charge in [-0.3, -0.25) is 0 Å². The number of amides is 2. The van der Waals surface area contributed by atoms with Crippen molar-refractivity contribution < 1.29 is 56.3 Å². The van der Waals surface area contributed by atoms with E-state index >= 15 is 0 Å². The number of ether oxygens (including phenoxy) is 8. The van der Waals surface area contributed by atoms with E-state index in [1.54, 1.807) is 28.4 Å². The maximum atomic E-state index is 14.8. The Morgan fingerprint density at radius 2 is 0.544 bits per heavy atom. The van der Waals surface area contributed by atoms with Crippen LogP contribution in [0.1, 0.15) is 87.8 Å². The van der Waals surface area contributed by atoms with Crippen LogP contribution in [0.2, 0.25) is 10.1 Å². The molecule has 10 aromatic rings. The predicted octanol–water partition coefficient (Wildman–Crippen LogP) is 15.4. The highest BCUT2D eigenvalue weighted by Gasteiger charge is 2.55. The van der Waals surface area contributed by atoms with E-state index < -0.39 is 55.5 Å². The van der Waals surface area contributed by atoms with Crippen molar-refractivity contribution in [1.29, 1.82) is 0 Å². The summed E-state index contributed by atoms with van der Waals surface area (Å²) < 4.78 is 65.7. The van der Waals surface area contributed by atoms with E-state index in [-0.39, 0.29) is 52.7 Å². The highest BCUT2D eigenvalue weighted by atomic mass is 28.4. The van der Waals surface area contributed by atoms with Crippen molar-refractivity contribution in [2.45, 2.75) is 75.7 Å². The summed E-state index contributed by atoms with van der Waals surface area (Å²) in [5.74, 6) is 2.84. The number of nitrogens with one attached hydrogen (secondary N) is 2. The molecule has 0 heterocycles. The number of alkyl carbamates (subject to hydrolysis) is 2. The number of rotatable bonds is 34. The van der Waals surface area contributed by atoms with Crippen LogP contribution >= 0.6 is 0 Å². The van der Waals surface area contributed by atoms with Gasteiger partial charge in [0.05, 0.1) is 47.1 Å². The molecule has 0 fully saturated rings. The lowest BCUT2D eigenvalue weighted by Crippen LogP contribution is -2.69. The second-order valence-electron chi connectivity index (χ2n) is 27.8. The van der Waals surface area contributed by atoms with E-state index in [4.69, 9.17) is 46.7 Å². The Morgan fingerprint density at radius 3 is 0.777 bits per heavy atom. The molecule has 0 spiro atoms. The van der Waals surface area contributed by atoms with Crippen LogP contribution in [0.15, 0.2) is 279 Å². The summed E-state index contributed by atoms with van der Waals surface area (Å²) >= 11 is 0. The quantitative estimate of drug-likeness (QED) is 0.0224. The van der Waals surface area contributed by atoms with Gasteiger partial charge < -0.3 is 57.4 Å². The summed E-state index contributed by atoms with van der Waals surface area (Å²) in [4.78, 5) is 29.6. The Kier molecular flexibility index (Phi) is 25.7. The van der Waals surface area contributed by atoms with Crippen LogP contribution in [0.4, 0.5) is 9.59 Å². The summed E-state index contributed by atoms with van der Waals surface area (Å²) in [6, 6.07) is 93.3. The number of carbonyl (C=O) groups excluding carboxylic acids is 2. The van der Waals surface area contributed by atoms with E-state index in [0.29, 0.717) is 35.8 Å². The molecule has 0 saturated carbocycles. The molecule has 0 saturated heterocycles. The van der Waals surface area contributed by atoms with Gasteiger partial charge in [-0.2, -0.15) is 0 Å². The normalized spacial score (nSPS) is 12.2. The van der Waals surface area contributed by atoms with Gasteiger partial charge in [0.25, 0.3) is 16.6 Å². The van der Waals surface area contributed by atoms with Crippen molar-refractivity contribution in [2.24, 2.45) is 5.41 Å². The SMILES string of the molecule is COc1ccc(C(OCCCNC(=O)OCC(COC(=O)NCCCOC(c2ccccc2)(c2ccc(OC)cc2)c2ccc(OC)cc2)(CO[Si](c2ccccc2)(c2ccccc2)C(C)(C)C)CO[Si](c2ccccc2)(c2ccccc2)C(C)(C)C)(c2ccccc2)c2ccc(OC)cc2)cc1. The summed E-state index contributed by atoms with van der Waals surface area (Å²) in [6.07, 6.45) is -0.556. The zero-order chi connectivity index (χ0) is 72.8. The lowest BCUT2D eigenvalue weighted by atomic mass is 9.80. The van der Waals surface area contributed by atoms with Crippen LogP contribution in [0.25, 0.3) is 0 Å². The monoisotopic (exact) mass is 1420 g/mol. The molecule has 0 atom stereocenters. The topological polar surface area (TPSA) is 150 Å². The third kappa shape index (κ3) is 17.3. The number of hydrogen-bond acceptors (Lipinski definition) is 12. The zero-order valence-electron chi connectivity index (χ0n) is 61.0. The molecule has 0 radical (unpaired) electrons. The average Bonchev–Trinajstić information content (AvgIpc) is 0.763. The lowest BCUT2D eigenvalue weighted by Gasteiger charge is -2.47. The van der Waals surface area contributed by atoms with Gasteiger partial charge in [-0.25, -0.2) is 9.59 Å². The number of methoxy groups -OCH3 is 4. The van der Waals surface area contributed by atoms with E-state index in [9.17, 15) is 9.59 Å². The number of carbonyl (C=O) groups is 2. The maximum absolute atomic E-state index is 14.8. The average molecular weight is 1420 g/mol. The van der Waals surface area contributed by atoms with Crippen molar-refractivity contribution >= 4 is 49.6 Å². The Hall–Kier alpha value is -9.79. The highest BCUT2D eigenvalue weighted by molar-refractivity contribution is 7.00. The molecule has 10 aromatic carbocycles. The molecule has 16 heteroatoms. The molecular weight excluding hydrogens is 1320 g/mol. The summed E-state index contributed by atoms with van der Waals surface area (Å²) in [6.45, 7) is 13.5. The first-order chi connectivity index (χ1) is 49.9. The Labute approximate surface area is 610 Å². The molecule has 0 aliphatic heterocycles. The van der Waals surface area contributed by atoms with Crippen molar-refractivity contribution in [3.05, 3.63) is 312 Å². The van der Waals surface area contributed by atoms with Gasteiger partial charge in [-0.15, -0.1) is 0 Å². The molecule has 536 valence electrons. The van der Waals surface area contributed by atoms with E-state index in [0.717, 1.165) is 54.1 Å². The fraction of sp³-hybridized carbons (Fsp3) is 0.287. The Balaban J connectivity index is 0.975. The first-order valence-electron chi connectivity index (χ1n) is 35.2. The molecule has 0 aromatic heterocycles. The van der Waals surface area contributed by atoms with Gasteiger partial charge in [0.1, 0.15) is 47.4 Å². The highest BCUT2D eigenvalue weighted by Crippen LogP contribution is 2.45. The summed E-state index contributed by atoms with van der Waals surface area (Å²) in [7, 11) is -0.177. The second kappa shape index (κ2) is 34.9. The zero-order valence-corrected chi connectivity index (χ0v) is 63.0. The third-order valence-corrected chi connectivity index (χ3v) is 29.2. The molecule has 103 heavy (non-hydrogen) atoms. The van der Waals surface area contributed by atoms with Crippen molar-refractivity contribution in [3.8, 4) is 23.0 Å². The van der Waals surface area contributed by atoms with E-state index in [2.05, 4.69) is 125 Å². The van der Waals surface area contributed by atoms with Crippen molar-refractivity contribution in [3.63, 3.8) is 0 Å². The molecule has 0 bridgehead atoms. The van der Waals surface area contributed by atoms with Crippen molar-refractivity contribution in [2.75, 3.05) is 81.2 Å². The Bertz CT molecular complexity index is 3760. The summed E-state index contributed by atoms with van der Waals surface area (Å²) in [5, 5.41) is 9.35. The van der Waals surface area contributed by atoms with Crippen LogP contribution in [0.3, 0.4) is 0 Å². The minimum Gasteiger partial charge on any atom is -0.497 e. The molecule has 14 nitrogen and oxygen atoms in total. The molecule has 2 amide bonds. The smallest absolute Gasteiger partial charge is 0.407 e. The lowest BCUT2D eigenvalue weighted by molar-refractivity contribution is -0.0341. The van der Waals surface area contributed by atoms with Crippen LogP contribution in [-0.2, 0) is 39.0 Å². The fourth-order valence-corrected chi connectivity index (χ4v) is 23.3. The molecular formula is C87H98N2O12Si2. The predicted molar refractivity (Wildman–Crippen MR) is 414 cm³/mol.